The molecule has 0 aliphatic rings. The molecule has 5 heteroatoms. The third-order valence-electron chi connectivity index (χ3n) is 3.04. The van der Waals surface area contributed by atoms with Crippen LogP contribution in [0.1, 0.15) is 46.0 Å². The number of anilines is 2. The van der Waals surface area contributed by atoms with E-state index in [1.807, 2.05) is 6.92 Å². The fourth-order valence-electron chi connectivity index (χ4n) is 1.93. The largest absolute Gasteiger partial charge is 0.371 e. The third kappa shape index (κ3) is 5.01. The first kappa shape index (κ1) is 15.7. The van der Waals surface area contributed by atoms with Gasteiger partial charge in [-0.15, -0.1) is 0 Å². The molecule has 108 valence electrons. The van der Waals surface area contributed by atoms with Gasteiger partial charge in [-0.2, -0.15) is 0 Å². The molecule has 19 heavy (non-hydrogen) atoms. The lowest BCUT2D eigenvalue weighted by Crippen LogP contribution is -2.17. The second kappa shape index (κ2) is 7.92. The topological polar surface area (TPSA) is 37.0 Å². The molecule has 1 atom stereocenters. The van der Waals surface area contributed by atoms with Gasteiger partial charge in [0.15, 0.2) is 23.3 Å². The summed E-state index contributed by atoms with van der Waals surface area (Å²) in [6.45, 7) is 4.15. The Balaban J connectivity index is 2.56. The van der Waals surface area contributed by atoms with E-state index in [4.69, 9.17) is 0 Å². The van der Waals surface area contributed by atoms with Gasteiger partial charge in [0.1, 0.15) is 0 Å². The average Bonchev–Trinajstić information content (AvgIpc) is 2.38. The van der Waals surface area contributed by atoms with Crippen LogP contribution in [0.5, 0.6) is 0 Å². The van der Waals surface area contributed by atoms with Gasteiger partial charge in [-0.3, -0.25) is 0 Å². The summed E-state index contributed by atoms with van der Waals surface area (Å²) in [5, 5.41) is 5.60. The molecule has 0 bridgehead atoms. The number of hydrogen-bond acceptors (Lipinski definition) is 3. The van der Waals surface area contributed by atoms with E-state index in [0.717, 1.165) is 18.9 Å². The smallest absolute Gasteiger partial charge is 0.168 e. The Morgan fingerprint density at radius 3 is 2.47 bits per heavy atom. The molecular weight excluding hydrogens is 248 g/mol. The molecule has 0 spiro atoms. The molecule has 3 nitrogen and oxygen atoms in total. The van der Waals surface area contributed by atoms with Crippen molar-refractivity contribution in [3.63, 3.8) is 0 Å². The van der Waals surface area contributed by atoms with Crippen molar-refractivity contribution < 1.29 is 8.78 Å². The fourth-order valence-corrected chi connectivity index (χ4v) is 1.93. The van der Waals surface area contributed by atoms with Crippen LogP contribution in [0.25, 0.3) is 0 Å². The number of nitrogens with zero attached hydrogens (tertiary/aromatic N) is 1. The quantitative estimate of drug-likeness (QED) is 0.697. The van der Waals surface area contributed by atoms with E-state index in [1.165, 1.54) is 19.3 Å². The summed E-state index contributed by atoms with van der Waals surface area (Å²) in [4.78, 5) is 3.90. The average molecular weight is 271 g/mol. The van der Waals surface area contributed by atoms with Crippen LogP contribution in [0.4, 0.5) is 20.4 Å². The highest BCUT2D eigenvalue weighted by molar-refractivity contribution is 5.47. The molecule has 0 aliphatic carbocycles. The van der Waals surface area contributed by atoms with Crippen LogP contribution >= 0.6 is 0 Å². The molecule has 2 N–H and O–H groups in total. The Kier molecular flexibility index (Phi) is 6.53. The van der Waals surface area contributed by atoms with E-state index in [2.05, 4.69) is 22.5 Å². The van der Waals surface area contributed by atoms with Gasteiger partial charge in [-0.1, -0.05) is 32.6 Å². The van der Waals surface area contributed by atoms with Crippen molar-refractivity contribution in [2.75, 3.05) is 17.7 Å². The molecule has 0 amide bonds. The van der Waals surface area contributed by atoms with Crippen molar-refractivity contribution in [1.29, 1.82) is 0 Å². The number of aromatic nitrogens is 1. The highest BCUT2D eigenvalue weighted by Crippen LogP contribution is 2.20. The molecular formula is C14H23F2N3. The molecule has 1 unspecified atom stereocenters. The monoisotopic (exact) mass is 271 g/mol. The zero-order chi connectivity index (χ0) is 14.3. The van der Waals surface area contributed by atoms with Crippen molar-refractivity contribution >= 4 is 11.6 Å². The molecule has 0 aromatic carbocycles. The summed E-state index contributed by atoms with van der Waals surface area (Å²) >= 11 is 0. The fraction of sp³-hybridized carbons (Fsp3) is 0.643. The second-order valence-electron chi connectivity index (χ2n) is 4.79. The first-order valence-electron chi connectivity index (χ1n) is 6.88. The Morgan fingerprint density at radius 2 is 1.84 bits per heavy atom. The Labute approximate surface area is 113 Å². The molecule has 1 rings (SSSR count). The van der Waals surface area contributed by atoms with Crippen LogP contribution < -0.4 is 10.6 Å². The van der Waals surface area contributed by atoms with Crippen LogP contribution in [0, 0.1) is 11.6 Å². The van der Waals surface area contributed by atoms with Gasteiger partial charge in [-0.05, 0) is 13.3 Å². The molecule has 0 saturated carbocycles. The van der Waals surface area contributed by atoms with E-state index in [9.17, 15) is 8.78 Å². The number of halogens is 2. The van der Waals surface area contributed by atoms with Gasteiger partial charge in [0.25, 0.3) is 0 Å². The summed E-state index contributed by atoms with van der Waals surface area (Å²) < 4.78 is 26.8. The first-order chi connectivity index (χ1) is 9.08. The van der Waals surface area contributed by atoms with Crippen molar-refractivity contribution in [1.82, 2.24) is 4.98 Å². The summed E-state index contributed by atoms with van der Waals surface area (Å²) in [6, 6.07) is 0.972. The predicted octanol–water partition coefficient (Wildman–Crippen LogP) is 4.17. The Hall–Kier alpha value is -1.39. The van der Waals surface area contributed by atoms with Gasteiger partial charge >= 0.3 is 0 Å². The molecule has 1 aromatic heterocycles. The number of hydrogen-bond donors (Lipinski definition) is 2. The number of nitrogens with one attached hydrogen (secondary N) is 2. The van der Waals surface area contributed by atoms with Crippen LogP contribution in [-0.2, 0) is 0 Å². The standard InChI is InChI=1S/C14H23F2N3/c1-4-5-6-7-8-10(2)18-14-12(16)9-11(15)13(17-3)19-14/h9-10H,4-8H2,1-3H3,(H2,17,18,19). The van der Waals surface area contributed by atoms with E-state index in [1.54, 1.807) is 7.05 Å². The molecule has 0 fully saturated rings. The SMILES string of the molecule is CCCCCCC(C)Nc1nc(NC)c(F)cc1F. The zero-order valence-electron chi connectivity index (χ0n) is 11.9. The Bertz CT molecular complexity index is 397. The molecule has 1 aromatic rings. The maximum atomic E-state index is 13.6. The maximum Gasteiger partial charge on any atom is 0.168 e. The number of rotatable bonds is 8. The highest BCUT2D eigenvalue weighted by atomic mass is 19.1. The van der Waals surface area contributed by atoms with Crippen molar-refractivity contribution in [2.24, 2.45) is 0 Å². The Morgan fingerprint density at radius 1 is 1.16 bits per heavy atom. The van der Waals surface area contributed by atoms with E-state index in [-0.39, 0.29) is 17.7 Å². The summed E-state index contributed by atoms with van der Waals surface area (Å²) in [5.41, 5.74) is 0. The van der Waals surface area contributed by atoms with E-state index < -0.39 is 11.6 Å². The first-order valence-corrected chi connectivity index (χ1v) is 6.88. The van der Waals surface area contributed by atoms with Crippen LogP contribution in [0.15, 0.2) is 6.07 Å². The van der Waals surface area contributed by atoms with Gasteiger partial charge in [0.2, 0.25) is 0 Å². The lowest BCUT2D eigenvalue weighted by molar-refractivity contribution is 0.566. The minimum absolute atomic E-state index is 0.0575. The highest BCUT2D eigenvalue weighted by Gasteiger charge is 2.12. The van der Waals surface area contributed by atoms with Crippen LogP contribution in [0.2, 0.25) is 0 Å². The van der Waals surface area contributed by atoms with Gasteiger partial charge < -0.3 is 10.6 Å². The molecule has 0 aliphatic heterocycles. The number of pyridine rings is 1. The summed E-state index contributed by atoms with van der Waals surface area (Å²) in [5.74, 6) is -1.17. The van der Waals surface area contributed by atoms with Crippen molar-refractivity contribution in [2.45, 2.75) is 52.0 Å². The van der Waals surface area contributed by atoms with Crippen LogP contribution in [-0.4, -0.2) is 18.1 Å². The van der Waals surface area contributed by atoms with Gasteiger partial charge in [0.05, 0.1) is 0 Å². The molecule has 1 heterocycles. The minimum Gasteiger partial charge on any atom is -0.371 e. The van der Waals surface area contributed by atoms with E-state index >= 15 is 0 Å². The summed E-state index contributed by atoms with van der Waals surface area (Å²) in [6.07, 6.45) is 5.65. The lowest BCUT2D eigenvalue weighted by Gasteiger charge is -2.15. The normalized spacial score (nSPS) is 12.3. The van der Waals surface area contributed by atoms with Gasteiger partial charge in [-0.25, -0.2) is 13.8 Å². The minimum atomic E-state index is -0.679. The number of unbranched alkanes of at least 4 members (excludes halogenated alkanes) is 3. The molecule has 0 saturated heterocycles. The summed E-state index contributed by atoms with van der Waals surface area (Å²) in [7, 11) is 1.56. The zero-order valence-corrected chi connectivity index (χ0v) is 11.9. The molecule has 0 radical (unpaired) electrons. The predicted molar refractivity (Wildman–Crippen MR) is 75.5 cm³/mol. The second-order valence-corrected chi connectivity index (χ2v) is 4.79. The van der Waals surface area contributed by atoms with Gasteiger partial charge in [0, 0.05) is 19.2 Å². The van der Waals surface area contributed by atoms with Crippen molar-refractivity contribution in [3.8, 4) is 0 Å². The van der Waals surface area contributed by atoms with E-state index in [0.29, 0.717) is 0 Å². The van der Waals surface area contributed by atoms with Crippen LogP contribution in [0.3, 0.4) is 0 Å². The maximum absolute atomic E-state index is 13.6. The lowest BCUT2D eigenvalue weighted by atomic mass is 10.1. The van der Waals surface area contributed by atoms with Crippen molar-refractivity contribution in [3.05, 3.63) is 17.7 Å². The third-order valence-corrected chi connectivity index (χ3v) is 3.04.